The monoisotopic (exact) mass is 286 g/mol. The van der Waals surface area contributed by atoms with E-state index in [-0.39, 0.29) is 12.1 Å². The molecular formula is C14H20Cl2N2. The second kappa shape index (κ2) is 6.25. The molecule has 0 radical (unpaired) electrons. The number of hydrogen-bond acceptors (Lipinski definition) is 2. The Kier molecular flexibility index (Phi) is 4.91. The van der Waals surface area contributed by atoms with Crippen LogP contribution in [0.4, 0.5) is 0 Å². The predicted octanol–water partition coefficient (Wildman–Crippen LogP) is 3.87. The Morgan fingerprint density at radius 1 is 1.22 bits per heavy atom. The minimum absolute atomic E-state index is 0.155. The van der Waals surface area contributed by atoms with Crippen LogP contribution in [0.2, 0.25) is 10.0 Å². The lowest BCUT2D eigenvalue weighted by Crippen LogP contribution is -2.39. The minimum atomic E-state index is 0.155. The van der Waals surface area contributed by atoms with Gasteiger partial charge in [0.2, 0.25) is 0 Å². The summed E-state index contributed by atoms with van der Waals surface area (Å²) < 4.78 is 0. The van der Waals surface area contributed by atoms with E-state index < -0.39 is 0 Å². The molecule has 1 heterocycles. The zero-order valence-corrected chi connectivity index (χ0v) is 12.2. The fourth-order valence-corrected chi connectivity index (χ4v) is 3.36. The number of hydrogen-bond donors (Lipinski definition) is 1. The molecule has 18 heavy (non-hydrogen) atoms. The van der Waals surface area contributed by atoms with Gasteiger partial charge in [-0.2, -0.15) is 0 Å². The van der Waals surface area contributed by atoms with Crippen molar-refractivity contribution in [3.8, 4) is 0 Å². The highest BCUT2D eigenvalue weighted by atomic mass is 35.5. The first-order chi connectivity index (χ1) is 8.61. The molecule has 100 valence electrons. The molecule has 4 heteroatoms. The number of nitrogens with zero attached hydrogens (tertiary/aromatic N) is 1. The van der Waals surface area contributed by atoms with Crippen LogP contribution in [0.3, 0.4) is 0 Å². The van der Waals surface area contributed by atoms with Crippen LogP contribution in [0.15, 0.2) is 18.2 Å². The molecule has 0 aromatic heterocycles. The number of likely N-dealkylation sites (tertiary alicyclic amines) is 1. The molecule has 2 N–H and O–H groups in total. The first-order valence-corrected chi connectivity index (χ1v) is 7.33. The van der Waals surface area contributed by atoms with Gasteiger partial charge in [-0.3, -0.25) is 4.90 Å². The first kappa shape index (κ1) is 14.1. The molecular weight excluding hydrogens is 267 g/mol. The molecule has 2 rings (SSSR count). The third-order valence-corrected chi connectivity index (χ3v) is 4.10. The van der Waals surface area contributed by atoms with Gasteiger partial charge in [0.15, 0.2) is 0 Å². The van der Waals surface area contributed by atoms with E-state index in [2.05, 4.69) is 11.8 Å². The van der Waals surface area contributed by atoms with Gasteiger partial charge in [0.25, 0.3) is 0 Å². The summed E-state index contributed by atoms with van der Waals surface area (Å²) in [5.74, 6) is 0. The molecule has 0 aliphatic carbocycles. The van der Waals surface area contributed by atoms with Gasteiger partial charge in [-0.15, -0.1) is 0 Å². The molecule has 2 unspecified atom stereocenters. The fourth-order valence-electron chi connectivity index (χ4n) is 2.82. The van der Waals surface area contributed by atoms with Crippen molar-refractivity contribution < 1.29 is 0 Å². The van der Waals surface area contributed by atoms with E-state index in [9.17, 15) is 0 Å². The molecule has 2 nitrogen and oxygen atoms in total. The molecule has 1 saturated heterocycles. The molecule has 1 aliphatic heterocycles. The smallest absolute Gasteiger partial charge is 0.0500 e. The van der Waals surface area contributed by atoms with Crippen LogP contribution in [-0.2, 0) is 0 Å². The molecule has 1 aliphatic rings. The highest BCUT2D eigenvalue weighted by Crippen LogP contribution is 2.32. The van der Waals surface area contributed by atoms with E-state index in [1.54, 1.807) is 6.07 Å². The predicted molar refractivity (Wildman–Crippen MR) is 78.3 cm³/mol. The van der Waals surface area contributed by atoms with E-state index in [4.69, 9.17) is 28.9 Å². The summed E-state index contributed by atoms with van der Waals surface area (Å²) in [6.07, 6.45) is 3.47. The van der Waals surface area contributed by atoms with E-state index in [1.807, 2.05) is 12.1 Å². The normalized spacial score (nSPS) is 26.0. The van der Waals surface area contributed by atoms with E-state index in [0.29, 0.717) is 10.0 Å². The maximum absolute atomic E-state index is 6.35. The summed E-state index contributed by atoms with van der Waals surface area (Å²) in [6, 6.07) is 6.14. The van der Waals surface area contributed by atoms with E-state index >= 15 is 0 Å². The average Bonchev–Trinajstić information content (AvgIpc) is 2.49. The number of nitrogens with two attached hydrogens (primary N) is 1. The van der Waals surface area contributed by atoms with Gasteiger partial charge in [0.1, 0.15) is 0 Å². The molecule has 2 atom stereocenters. The second-order valence-corrected chi connectivity index (χ2v) is 5.81. The van der Waals surface area contributed by atoms with Crippen LogP contribution in [0, 0.1) is 0 Å². The number of likely N-dealkylation sites (N-methyl/N-ethyl adjacent to an activating group) is 1. The van der Waals surface area contributed by atoms with Crippen molar-refractivity contribution in [2.75, 3.05) is 13.1 Å². The standard InChI is InChI=1S/C14H20Cl2N2/c1-2-18-6-4-3-5-13(17)14(18)10-7-11(15)9-12(16)8-10/h7-9,13-14H,2-6,17H2,1H3. The first-order valence-electron chi connectivity index (χ1n) is 6.57. The Balaban J connectivity index is 2.36. The lowest BCUT2D eigenvalue weighted by Gasteiger charge is -2.33. The molecule has 0 bridgehead atoms. The Morgan fingerprint density at radius 2 is 1.89 bits per heavy atom. The second-order valence-electron chi connectivity index (χ2n) is 4.94. The lowest BCUT2D eigenvalue weighted by molar-refractivity contribution is 0.195. The van der Waals surface area contributed by atoms with Crippen molar-refractivity contribution >= 4 is 23.2 Å². The Bertz CT molecular complexity index is 389. The molecule has 1 aromatic rings. The van der Waals surface area contributed by atoms with Gasteiger partial charge >= 0.3 is 0 Å². The summed E-state index contributed by atoms with van der Waals surface area (Å²) >= 11 is 12.2. The number of halogens is 2. The minimum Gasteiger partial charge on any atom is -0.326 e. The van der Waals surface area contributed by atoms with Crippen molar-refractivity contribution in [2.45, 2.75) is 38.3 Å². The zero-order chi connectivity index (χ0) is 13.1. The third kappa shape index (κ3) is 3.18. The number of rotatable bonds is 2. The Hall–Kier alpha value is -0.280. The van der Waals surface area contributed by atoms with Gasteiger partial charge in [-0.1, -0.05) is 36.5 Å². The maximum Gasteiger partial charge on any atom is 0.0500 e. The number of benzene rings is 1. The summed E-state index contributed by atoms with van der Waals surface area (Å²) in [7, 11) is 0. The van der Waals surface area contributed by atoms with Crippen LogP contribution in [-0.4, -0.2) is 24.0 Å². The molecule has 1 aromatic carbocycles. The largest absolute Gasteiger partial charge is 0.326 e. The lowest BCUT2D eigenvalue weighted by atomic mass is 9.96. The SMILES string of the molecule is CCN1CCCCC(N)C1c1cc(Cl)cc(Cl)c1. The van der Waals surface area contributed by atoms with E-state index in [1.165, 1.54) is 12.8 Å². The van der Waals surface area contributed by atoms with Gasteiger partial charge in [0.05, 0.1) is 0 Å². The van der Waals surface area contributed by atoms with Crippen LogP contribution < -0.4 is 5.73 Å². The summed E-state index contributed by atoms with van der Waals surface area (Å²) in [4.78, 5) is 2.43. The van der Waals surface area contributed by atoms with Crippen molar-refractivity contribution in [1.82, 2.24) is 4.90 Å². The average molecular weight is 287 g/mol. The van der Waals surface area contributed by atoms with Gasteiger partial charge in [-0.05, 0) is 49.7 Å². The Morgan fingerprint density at radius 3 is 2.50 bits per heavy atom. The topological polar surface area (TPSA) is 29.3 Å². The van der Waals surface area contributed by atoms with Crippen molar-refractivity contribution in [3.05, 3.63) is 33.8 Å². The van der Waals surface area contributed by atoms with Crippen LogP contribution in [0.5, 0.6) is 0 Å². The summed E-state index contributed by atoms with van der Waals surface area (Å²) in [6.45, 7) is 4.28. The third-order valence-electron chi connectivity index (χ3n) is 3.66. The van der Waals surface area contributed by atoms with E-state index in [0.717, 1.165) is 25.1 Å². The van der Waals surface area contributed by atoms with Crippen LogP contribution >= 0.6 is 23.2 Å². The highest BCUT2D eigenvalue weighted by Gasteiger charge is 2.28. The van der Waals surface area contributed by atoms with Crippen molar-refractivity contribution in [2.24, 2.45) is 5.73 Å². The zero-order valence-electron chi connectivity index (χ0n) is 10.7. The van der Waals surface area contributed by atoms with Gasteiger partial charge in [-0.25, -0.2) is 0 Å². The molecule has 1 fully saturated rings. The molecule has 0 amide bonds. The molecule has 0 spiro atoms. The van der Waals surface area contributed by atoms with Crippen LogP contribution in [0.1, 0.15) is 37.8 Å². The quantitative estimate of drug-likeness (QED) is 0.894. The fraction of sp³-hybridized carbons (Fsp3) is 0.571. The van der Waals surface area contributed by atoms with Gasteiger partial charge in [0, 0.05) is 22.1 Å². The van der Waals surface area contributed by atoms with Gasteiger partial charge < -0.3 is 5.73 Å². The summed E-state index contributed by atoms with van der Waals surface area (Å²) in [5, 5.41) is 1.37. The van der Waals surface area contributed by atoms with Crippen molar-refractivity contribution in [3.63, 3.8) is 0 Å². The summed E-state index contributed by atoms with van der Waals surface area (Å²) in [5.41, 5.74) is 7.49. The highest BCUT2D eigenvalue weighted by molar-refractivity contribution is 6.34. The Labute approximate surface area is 119 Å². The molecule has 0 saturated carbocycles. The maximum atomic E-state index is 6.35. The van der Waals surface area contributed by atoms with Crippen LogP contribution in [0.25, 0.3) is 0 Å². The van der Waals surface area contributed by atoms with Crippen molar-refractivity contribution in [1.29, 1.82) is 0 Å².